The predicted molar refractivity (Wildman–Crippen MR) is 103 cm³/mol. The minimum atomic E-state index is -0.766. The van der Waals surface area contributed by atoms with Crippen LogP contribution in [0.4, 0.5) is 5.13 Å². The smallest absolute Gasteiger partial charge is 0.270 e. The van der Waals surface area contributed by atoms with E-state index in [-0.39, 0.29) is 12.5 Å². The molecule has 4 heterocycles. The SMILES string of the molecule is O=C(Nc1nc(-c2ccco2)c(-c2ccco2)s1)[C@@H]1COc2ccccc2O1. The Hall–Kier alpha value is -3.52. The number of carbonyl (C=O) groups excluding carboxylic acids is 1. The highest BCUT2D eigenvalue weighted by Gasteiger charge is 2.29. The summed E-state index contributed by atoms with van der Waals surface area (Å²) in [6.45, 7) is 0.129. The summed E-state index contributed by atoms with van der Waals surface area (Å²) in [5, 5.41) is 3.23. The van der Waals surface area contributed by atoms with Crippen molar-refractivity contribution in [1.29, 1.82) is 0 Å². The van der Waals surface area contributed by atoms with Gasteiger partial charge < -0.3 is 18.3 Å². The van der Waals surface area contributed by atoms with Crippen molar-refractivity contribution in [2.45, 2.75) is 6.10 Å². The fourth-order valence-electron chi connectivity index (χ4n) is 2.86. The van der Waals surface area contributed by atoms with E-state index in [0.717, 1.165) is 4.88 Å². The first-order valence-corrected chi connectivity index (χ1v) is 9.37. The van der Waals surface area contributed by atoms with Gasteiger partial charge in [0.2, 0.25) is 6.10 Å². The number of benzene rings is 1. The van der Waals surface area contributed by atoms with Crippen LogP contribution < -0.4 is 14.8 Å². The molecule has 1 amide bonds. The molecule has 8 heteroatoms. The van der Waals surface area contributed by atoms with Crippen LogP contribution >= 0.6 is 11.3 Å². The summed E-state index contributed by atoms with van der Waals surface area (Å²) in [7, 11) is 0. The number of furan rings is 2. The number of hydrogen-bond acceptors (Lipinski definition) is 7. The van der Waals surface area contributed by atoms with Gasteiger partial charge in [-0.2, -0.15) is 0 Å². The molecule has 0 aliphatic carbocycles. The molecular weight excluding hydrogens is 380 g/mol. The average molecular weight is 394 g/mol. The number of ether oxygens (including phenoxy) is 2. The number of fused-ring (bicyclic) bond motifs is 1. The summed E-state index contributed by atoms with van der Waals surface area (Å²) in [6.07, 6.45) is 2.39. The number of nitrogens with one attached hydrogen (secondary N) is 1. The third-order valence-electron chi connectivity index (χ3n) is 4.16. The fraction of sp³-hybridized carbons (Fsp3) is 0.100. The number of nitrogens with zero attached hydrogens (tertiary/aromatic N) is 1. The van der Waals surface area contributed by atoms with Crippen molar-refractivity contribution in [3.8, 4) is 33.6 Å². The van der Waals surface area contributed by atoms with E-state index >= 15 is 0 Å². The first kappa shape index (κ1) is 16.6. The van der Waals surface area contributed by atoms with E-state index in [4.69, 9.17) is 18.3 Å². The molecular formula is C20H14N2O5S. The van der Waals surface area contributed by atoms with E-state index in [1.165, 1.54) is 11.3 Å². The lowest BCUT2D eigenvalue weighted by atomic mass is 10.2. The van der Waals surface area contributed by atoms with Crippen molar-refractivity contribution >= 4 is 22.4 Å². The lowest BCUT2D eigenvalue weighted by Crippen LogP contribution is -2.40. The van der Waals surface area contributed by atoms with Gasteiger partial charge >= 0.3 is 0 Å². The minimum absolute atomic E-state index is 0.129. The number of thiazole rings is 1. The van der Waals surface area contributed by atoms with Gasteiger partial charge in [0.15, 0.2) is 22.4 Å². The van der Waals surface area contributed by atoms with Gasteiger partial charge in [0.05, 0.1) is 12.5 Å². The molecule has 0 unspecified atom stereocenters. The maximum absolute atomic E-state index is 12.7. The zero-order chi connectivity index (χ0) is 18.9. The van der Waals surface area contributed by atoms with Crippen molar-refractivity contribution < 1.29 is 23.1 Å². The lowest BCUT2D eigenvalue weighted by molar-refractivity contribution is -0.125. The molecule has 0 radical (unpaired) electrons. The molecule has 0 bridgehead atoms. The van der Waals surface area contributed by atoms with Crippen molar-refractivity contribution in [2.75, 3.05) is 11.9 Å². The second kappa shape index (κ2) is 6.90. The summed E-state index contributed by atoms with van der Waals surface area (Å²) in [6, 6.07) is 14.5. The Bertz CT molecular complexity index is 1050. The van der Waals surface area contributed by atoms with Crippen molar-refractivity contribution in [3.63, 3.8) is 0 Å². The zero-order valence-electron chi connectivity index (χ0n) is 14.5. The Morgan fingerprint density at radius 1 is 1.00 bits per heavy atom. The topological polar surface area (TPSA) is 86.7 Å². The van der Waals surface area contributed by atoms with Gasteiger partial charge in [-0.1, -0.05) is 23.5 Å². The van der Waals surface area contributed by atoms with E-state index in [1.807, 2.05) is 24.3 Å². The van der Waals surface area contributed by atoms with Gasteiger partial charge in [-0.3, -0.25) is 10.1 Å². The van der Waals surface area contributed by atoms with E-state index in [1.54, 1.807) is 36.8 Å². The average Bonchev–Trinajstić information content (AvgIpc) is 3.47. The van der Waals surface area contributed by atoms with Crippen molar-refractivity contribution in [2.24, 2.45) is 0 Å². The standard InChI is InChI=1S/C20H14N2O5S/c23-19(16-11-26-12-5-1-2-6-13(12)27-16)22-20-21-17(14-7-3-9-24-14)18(28-20)15-8-4-10-25-15/h1-10,16H,11H2,(H,21,22,23)/t16-/m0/s1. The van der Waals surface area contributed by atoms with Gasteiger partial charge in [-0.15, -0.1) is 0 Å². The Kier molecular flexibility index (Phi) is 4.10. The summed E-state index contributed by atoms with van der Waals surface area (Å²) < 4.78 is 22.3. The number of aromatic nitrogens is 1. The first-order chi connectivity index (χ1) is 13.8. The summed E-state index contributed by atoms with van der Waals surface area (Å²) in [5.41, 5.74) is 0.603. The molecule has 5 rings (SSSR count). The number of para-hydroxylation sites is 2. The fourth-order valence-corrected chi connectivity index (χ4v) is 3.80. The van der Waals surface area contributed by atoms with E-state index in [0.29, 0.717) is 33.8 Å². The highest BCUT2D eigenvalue weighted by atomic mass is 32.1. The maximum atomic E-state index is 12.7. The number of amides is 1. The zero-order valence-corrected chi connectivity index (χ0v) is 15.3. The van der Waals surface area contributed by atoms with Crippen LogP contribution in [0.1, 0.15) is 0 Å². The van der Waals surface area contributed by atoms with Gasteiger partial charge in [0, 0.05) is 0 Å². The van der Waals surface area contributed by atoms with Crippen LogP contribution in [0.15, 0.2) is 69.9 Å². The van der Waals surface area contributed by atoms with Crippen LogP contribution in [0.25, 0.3) is 22.1 Å². The number of hydrogen-bond donors (Lipinski definition) is 1. The van der Waals surface area contributed by atoms with Crippen LogP contribution in [0.3, 0.4) is 0 Å². The highest BCUT2D eigenvalue weighted by molar-refractivity contribution is 7.19. The van der Waals surface area contributed by atoms with E-state index in [2.05, 4.69) is 10.3 Å². The monoisotopic (exact) mass is 394 g/mol. The third kappa shape index (κ3) is 3.03. The van der Waals surface area contributed by atoms with Crippen LogP contribution in [-0.4, -0.2) is 23.6 Å². The largest absolute Gasteiger partial charge is 0.485 e. The van der Waals surface area contributed by atoms with E-state index < -0.39 is 6.10 Å². The van der Waals surface area contributed by atoms with Gasteiger partial charge in [-0.25, -0.2) is 4.98 Å². The molecule has 28 heavy (non-hydrogen) atoms. The molecule has 140 valence electrons. The van der Waals surface area contributed by atoms with Crippen LogP contribution in [-0.2, 0) is 4.79 Å². The number of anilines is 1. The van der Waals surface area contributed by atoms with E-state index in [9.17, 15) is 4.79 Å². The molecule has 1 aliphatic heterocycles. The molecule has 7 nitrogen and oxygen atoms in total. The Balaban J connectivity index is 1.40. The molecule has 0 fully saturated rings. The molecule has 3 aromatic heterocycles. The molecule has 1 atom stereocenters. The molecule has 1 aliphatic rings. The second-order valence-electron chi connectivity index (χ2n) is 6.00. The van der Waals surface area contributed by atoms with Gasteiger partial charge in [-0.05, 0) is 36.4 Å². The Morgan fingerprint density at radius 3 is 2.50 bits per heavy atom. The molecule has 4 aromatic rings. The maximum Gasteiger partial charge on any atom is 0.270 e. The quantitative estimate of drug-likeness (QED) is 0.551. The lowest BCUT2D eigenvalue weighted by Gasteiger charge is -2.25. The molecule has 1 aromatic carbocycles. The molecule has 1 N–H and O–H groups in total. The number of carbonyl (C=O) groups is 1. The summed E-state index contributed by atoms with van der Waals surface area (Å²) in [4.78, 5) is 18.0. The normalized spacial score (nSPS) is 15.4. The predicted octanol–water partition coefficient (Wildman–Crippen LogP) is 4.44. The Labute approximate surface area is 163 Å². The van der Waals surface area contributed by atoms with Crippen LogP contribution in [0.5, 0.6) is 11.5 Å². The summed E-state index contributed by atoms with van der Waals surface area (Å²) in [5.74, 6) is 2.08. The molecule has 0 spiro atoms. The summed E-state index contributed by atoms with van der Waals surface area (Å²) >= 11 is 1.30. The minimum Gasteiger partial charge on any atom is -0.485 e. The van der Waals surface area contributed by atoms with Gasteiger partial charge in [0.1, 0.15) is 22.9 Å². The third-order valence-corrected chi connectivity index (χ3v) is 5.14. The van der Waals surface area contributed by atoms with Gasteiger partial charge in [0.25, 0.3) is 5.91 Å². The van der Waals surface area contributed by atoms with Crippen molar-refractivity contribution in [3.05, 3.63) is 61.1 Å². The van der Waals surface area contributed by atoms with Crippen LogP contribution in [0, 0.1) is 0 Å². The molecule has 0 saturated carbocycles. The second-order valence-corrected chi connectivity index (χ2v) is 7.00. The number of rotatable bonds is 4. The first-order valence-electron chi connectivity index (χ1n) is 8.56. The van der Waals surface area contributed by atoms with Crippen LogP contribution in [0.2, 0.25) is 0 Å². The molecule has 0 saturated heterocycles. The highest BCUT2D eigenvalue weighted by Crippen LogP contribution is 2.39. The van der Waals surface area contributed by atoms with Crippen molar-refractivity contribution in [1.82, 2.24) is 4.98 Å². The Morgan fingerprint density at radius 2 is 1.75 bits per heavy atom.